The van der Waals surface area contributed by atoms with Crippen LogP contribution in [-0.4, -0.2) is 24.8 Å². The monoisotopic (exact) mass is 285 g/mol. The summed E-state index contributed by atoms with van der Waals surface area (Å²) in [5, 5.41) is 13.6. The van der Waals surface area contributed by atoms with Gasteiger partial charge in [0.05, 0.1) is 13.2 Å². The fourth-order valence-electron chi connectivity index (χ4n) is 2.07. The Kier molecular flexibility index (Phi) is 3.84. The molecule has 1 aliphatic rings. The topological polar surface area (TPSA) is 41.5 Å². The molecular formula is C12H16BrNO2. The first-order valence-electron chi connectivity index (χ1n) is 5.47. The van der Waals surface area contributed by atoms with Gasteiger partial charge in [0.15, 0.2) is 0 Å². The highest BCUT2D eigenvalue weighted by Gasteiger charge is 2.25. The lowest BCUT2D eigenvalue weighted by Gasteiger charge is -2.20. The van der Waals surface area contributed by atoms with Gasteiger partial charge in [-0.05, 0) is 43.1 Å². The van der Waals surface area contributed by atoms with Gasteiger partial charge in [-0.25, -0.2) is 0 Å². The fourth-order valence-corrected chi connectivity index (χ4v) is 2.55. The predicted octanol–water partition coefficient (Wildman–Crippen LogP) is 2.24. The normalized spacial score (nSPS) is 22.1. The van der Waals surface area contributed by atoms with E-state index in [1.54, 1.807) is 7.11 Å². The van der Waals surface area contributed by atoms with Crippen LogP contribution >= 0.6 is 15.9 Å². The van der Waals surface area contributed by atoms with E-state index in [1.165, 1.54) is 0 Å². The minimum Gasteiger partial charge on any atom is -0.497 e. The number of benzene rings is 1. The van der Waals surface area contributed by atoms with E-state index in [2.05, 4.69) is 21.2 Å². The van der Waals surface area contributed by atoms with Crippen LogP contribution in [0.5, 0.6) is 5.75 Å². The molecule has 2 atom stereocenters. The highest BCUT2D eigenvalue weighted by atomic mass is 79.9. The van der Waals surface area contributed by atoms with Gasteiger partial charge in [0.2, 0.25) is 0 Å². The number of hydrogen-bond acceptors (Lipinski definition) is 3. The average Bonchev–Trinajstić information content (AvgIpc) is 2.82. The zero-order valence-electron chi connectivity index (χ0n) is 9.24. The van der Waals surface area contributed by atoms with Gasteiger partial charge in [-0.3, -0.25) is 0 Å². The molecule has 0 radical (unpaired) electrons. The zero-order chi connectivity index (χ0) is 11.5. The lowest BCUT2D eigenvalue weighted by atomic mass is 10.0. The second-order valence-corrected chi connectivity index (χ2v) is 4.89. The standard InChI is InChI=1S/C12H16BrNO2/c1-16-8-4-5-10(13)9(7-8)12(15)11-3-2-6-14-11/h4-5,7,11-12,14-15H,2-3,6H2,1H3. The number of hydrogen-bond donors (Lipinski definition) is 2. The van der Waals surface area contributed by atoms with Crippen LogP contribution in [0.1, 0.15) is 24.5 Å². The second-order valence-electron chi connectivity index (χ2n) is 4.04. The van der Waals surface area contributed by atoms with Crippen molar-refractivity contribution >= 4 is 15.9 Å². The molecule has 16 heavy (non-hydrogen) atoms. The lowest BCUT2D eigenvalue weighted by Crippen LogP contribution is -2.28. The van der Waals surface area contributed by atoms with Crippen molar-refractivity contribution in [2.24, 2.45) is 0 Å². The van der Waals surface area contributed by atoms with E-state index in [0.29, 0.717) is 0 Å². The van der Waals surface area contributed by atoms with E-state index < -0.39 is 6.10 Å². The van der Waals surface area contributed by atoms with E-state index in [4.69, 9.17) is 4.74 Å². The molecule has 2 rings (SSSR count). The molecule has 0 aromatic heterocycles. The molecule has 0 bridgehead atoms. The molecular weight excluding hydrogens is 270 g/mol. The van der Waals surface area contributed by atoms with Crippen LogP contribution in [0, 0.1) is 0 Å². The minimum atomic E-state index is -0.480. The molecule has 0 saturated carbocycles. The molecule has 1 saturated heterocycles. The quantitative estimate of drug-likeness (QED) is 0.895. The van der Waals surface area contributed by atoms with Crippen molar-refractivity contribution in [2.45, 2.75) is 25.0 Å². The van der Waals surface area contributed by atoms with Crippen LogP contribution in [0.3, 0.4) is 0 Å². The Bertz CT molecular complexity index is 364. The van der Waals surface area contributed by atoms with Crippen molar-refractivity contribution in [3.63, 3.8) is 0 Å². The van der Waals surface area contributed by atoms with Gasteiger partial charge in [-0.15, -0.1) is 0 Å². The summed E-state index contributed by atoms with van der Waals surface area (Å²) in [6.45, 7) is 0.989. The SMILES string of the molecule is COc1ccc(Br)c(C(O)C2CCCN2)c1. The Hall–Kier alpha value is -0.580. The smallest absolute Gasteiger partial charge is 0.119 e. The number of aliphatic hydroxyl groups excluding tert-OH is 1. The summed E-state index contributed by atoms with van der Waals surface area (Å²) in [4.78, 5) is 0. The van der Waals surface area contributed by atoms with Gasteiger partial charge in [0, 0.05) is 10.5 Å². The molecule has 1 fully saturated rings. The van der Waals surface area contributed by atoms with Gasteiger partial charge in [-0.1, -0.05) is 15.9 Å². The molecule has 0 amide bonds. The number of rotatable bonds is 3. The molecule has 1 heterocycles. The number of ether oxygens (including phenoxy) is 1. The van der Waals surface area contributed by atoms with Crippen molar-refractivity contribution in [3.8, 4) is 5.75 Å². The van der Waals surface area contributed by atoms with Crippen molar-refractivity contribution in [3.05, 3.63) is 28.2 Å². The maximum Gasteiger partial charge on any atom is 0.119 e. The lowest BCUT2D eigenvalue weighted by molar-refractivity contribution is 0.136. The summed E-state index contributed by atoms with van der Waals surface area (Å²) in [5.41, 5.74) is 0.888. The third-order valence-electron chi connectivity index (χ3n) is 3.00. The summed E-state index contributed by atoms with van der Waals surface area (Å²) < 4.78 is 6.10. The van der Waals surface area contributed by atoms with Crippen molar-refractivity contribution in [1.29, 1.82) is 0 Å². The first-order chi connectivity index (χ1) is 7.72. The Morgan fingerprint density at radius 3 is 3.00 bits per heavy atom. The Morgan fingerprint density at radius 2 is 2.38 bits per heavy atom. The highest BCUT2D eigenvalue weighted by molar-refractivity contribution is 9.10. The molecule has 0 aliphatic carbocycles. The van der Waals surface area contributed by atoms with E-state index in [9.17, 15) is 5.11 Å². The zero-order valence-corrected chi connectivity index (χ0v) is 10.8. The molecule has 1 aliphatic heterocycles. The molecule has 0 spiro atoms. The molecule has 2 unspecified atom stereocenters. The Balaban J connectivity index is 2.23. The Morgan fingerprint density at radius 1 is 1.56 bits per heavy atom. The van der Waals surface area contributed by atoms with Crippen molar-refractivity contribution < 1.29 is 9.84 Å². The van der Waals surface area contributed by atoms with Gasteiger partial charge >= 0.3 is 0 Å². The van der Waals surface area contributed by atoms with Crippen LogP contribution in [0.25, 0.3) is 0 Å². The highest BCUT2D eigenvalue weighted by Crippen LogP contribution is 2.31. The minimum absolute atomic E-state index is 0.156. The van der Waals surface area contributed by atoms with Crippen LogP contribution < -0.4 is 10.1 Å². The van der Waals surface area contributed by atoms with E-state index >= 15 is 0 Å². The molecule has 3 nitrogen and oxygen atoms in total. The van der Waals surface area contributed by atoms with Crippen LogP contribution in [0.2, 0.25) is 0 Å². The number of methoxy groups -OCH3 is 1. The molecule has 1 aromatic carbocycles. The molecule has 88 valence electrons. The van der Waals surface area contributed by atoms with Crippen LogP contribution in [0.15, 0.2) is 22.7 Å². The van der Waals surface area contributed by atoms with Crippen molar-refractivity contribution in [1.82, 2.24) is 5.32 Å². The molecule has 4 heteroatoms. The van der Waals surface area contributed by atoms with E-state index in [-0.39, 0.29) is 6.04 Å². The third-order valence-corrected chi connectivity index (χ3v) is 3.72. The van der Waals surface area contributed by atoms with Crippen LogP contribution in [-0.2, 0) is 0 Å². The Labute approximate surface area is 104 Å². The number of aliphatic hydroxyl groups is 1. The summed E-state index contributed by atoms with van der Waals surface area (Å²) >= 11 is 3.46. The number of halogens is 1. The molecule has 1 aromatic rings. The van der Waals surface area contributed by atoms with E-state index in [0.717, 1.165) is 35.2 Å². The average molecular weight is 286 g/mol. The summed E-state index contributed by atoms with van der Waals surface area (Å²) in [6.07, 6.45) is 1.67. The van der Waals surface area contributed by atoms with Crippen LogP contribution in [0.4, 0.5) is 0 Å². The molecule has 2 N–H and O–H groups in total. The third kappa shape index (κ3) is 2.39. The first-order valence-corrected chi connectivity index (χ1v) is 6.26. The number of nitrogens with one attached hydrogen (secondary N) is 1. The van der Waals surface area contributed by atoms with Gasteiger partial charge in [-0.2, -0.15) is 0 Å². The maximum atomic E-state index is 10.3. The predicted molar refractivity (Wildman–Crippen MR) is 66.7 cm³/mol. The fraction of sp³-hybridized carbons (Fsp3) is 0.500. The van der Waals surface area contributed by atoms with Crippen molar-refractivity contribution in [2.75, 3.05) is 13.7 Å². The van der Waals surface area contributed by atoms with Gasteiger partial charge in [0.1, 0.15) is 5.75 Å². The van der Waals surface area contributed by atoms with Gasteiger partial charge in [0.25, 0.3) is 0 Å². The first kappa shape index (κ1) is 11.9. The summed E-state index contributed by atoms with van der Waals surface area (Å²) in [5.74, 6) is 0.773. The maximum absolute atomic E-state index is 10.3. The summed E-state index contributed by atoms with van der Waals surface area (Å²) in [6, 6.07) is 5.83. The second kappa shape index (κ2) is 5.17. The summed E-state index contributed by atoms with van der Waals surface area (Å²) in [7, 11) is 1.63. The largest absolute Gasteiger partial charge is 0.497 e. The van der Waals surface area contributed by atoms with E-state index in [1.807, 2.05) is 18.2 Å². The van der Waals surface area contributed by atoms with Gasteiger partial charge < -0.3 is 15.2 Å².